The van der Waals surface area contributed by atoms with Gasteiger partial charge in [0.05, 0.1) is 22.1 Å². The highest BCUT2D eigenvalue weighted by molar-refractivity contribution is 7.25. The zero-order valence-corrected chi connectivity index (χ0v) is 68.4. The quantitative estimate of drug-likeness (QED) is 0.0874. The number of thiophene rings is 1. The van der Waals surface area contributed by atoms with E-state index in [-0.39, 0.29) is 5.41 Å². The Labute approximate surface area is 714 Å². The molecule has 1 aliphatic carbocycles. The van der Waals surface area contributed by atoms with Gasteiger partial charge in [-0.15, -0.1) is 11.3 Å². The molecule has 0 unspecified atom stereocenters. The molecule has 582 valence electrons. The van der Waals surface area contributed by atoms with Crippen LogP contribution in [0.25, 0.3) is 147 Å². The molecule has 0 fully saturated rings. The molecule has 3 heterocycles. The normalized spacial score (nSPS) is 11.8. The van der Waals surface area contributed by atoms with Crippen LogP contribution in [0.1, 0.15) is 25.0 Å². The molecule has 6 nitrogen and oxygen atoms in total. The molecular weight excluding hydrogens is 1500 g/mol. The van der Waals surface area contributed by atoms with Crippen LogP contribution in [0.15, 0.2) is 459 Å². The molecule has 23 rings (SSSR count). The summed E-state index contributed by atoms with van der Waals surface area (Å²) in [6.45, 7) is 4.67. The molecule has 0 atom stereocenters. The Hall–Kier alpha value is -15.5. The smallest absolute Gasteiger partial charge is 0.145 e. The molecule has 0 saturated heterocycles. The molecule has 3 aromatic heterocycles. The van der Waals surface area contributed by atoms with Gasteiger partial charge in [-0.05, 0) is 188 Å². The van der Waals surface area contributed by atoms with Gasteiger partial charge in [-0.2, -0.15) is 0 Å². The van der Waals surface area contributed by atoms with Crippen LogP contribution in [0.3, 0.4) is 0 Å². The van der Waals surface area contributed by atoms with Crippen LogP contribution >= 0.6 is 11.3 Å². The number of nitrogens with one attached hydrogen (secondary N) is 4. The highest BCUT2D eigenvalue weighted by atomic mass is 32.1. The van der Waals surface area contributed by atoms with Crippen LogP contribution < -0.4 is 21.3 Å². The van der Waals surface area contributed by atoms with Crippen LogP contribution in [0, 0.1) is 0 Å². The number of anilines is 8. The summed E-state index contributed by atoms with van der Waals surface area (Å²) in [5, 5.41) is 24.5. The first-order valence-electron chi connectivity index (χ1n) is 41.6. The zero-order valence-electron chi connectivity index (χ0n) is 67.6. The highest BCUT2D eigenvalue weighted by Crippen LogP contribution is 2.51. The van der Waals surface area contributed by atoms with Crippen molar-refractivity contribution in [2.75, 3.05) is 21.3 Å². The fourth-order valence-electron chi connectivity index (χ4n) is 17.5. The van der Waals surface area contributed by atoms with E-state index in [4.69, 9.17) is 4.42 Å². The minimum absolute atomic E-state index is 0.00970. The van der Waals surface area contributed by atoms with Gasteiger partial charge in [-0.1, -0.05) is 347 Å². The number of rotatable bonds is 14. The van der Waals surface area contributed by atoms with Crippen molar-refractivity contribution in [3.63, 3.8) is 0 Å². The molecule has 19 aromatic carbocycles. The predicted molar refractivity (Wildman–Crippen MR) is 521 cm³/mol. The molecule has 0 bridgehead atoms. The number of nitrogens with zero attached hydrogens (tertiary/aromatic N) is 1. The molecule has 0 aliphatic heterocycles. The summed E-state index contributed by atoms with van der Waals surface area (Å²) in [5.74, 6) is 0. The summed E-state index contributed by atoms with van der Waals surface area (Å²) in [6.07, 6.45) is 0. The molecule has 0 saturated carbocycles. The second kappa shape index (κ2) is 33.5. The van der Waals surface area contributed by atoms with Gasteiger partial charge in [-0.3, -0.25) is 0 Å². The van der Waals surface area contributed by atoms with E-state index in [0.29, 0.717) is 0 Å². The van der Waals surface area contributed by atoms with Crippen LogP contribution in [-0.4, -0.2) is 4.57 Å². The topological polar surface area (TPSA) is 66.2 Å². The second-order valence-electron chi connectivity index (χ2n) is 31.3. The highest BCUT2D eigenvalue weighted by Gasteiger charge is 2.35. The second-order valence-corrected chi connectivity index (χ2v) is 32.4. The van der Waals surface area contributed by atoms with Gasteiger partial charge in [0.25, 0.3) is 0 Å². The Morgan fingerprint density at radius 3 is 1.38 bits per heavy atom. The zero-order chi connectivity index (χ0) is 81.7. The molecule has 1 aliphatic rings. The number of para-hydroxylation sites is 6. The minimum atomic E-state index is -0.00970. The van der Waals surface area contributed by atoms with E-state index in [1.165, 1.54) is 120 Å². The van der Waals surface area contributed by atoms with Gasteiger partial charge in [-0.25, -0.2) is 0 Å². The van der Waals surface area contributed by atoms with Crippen molar-refractivity contribution in [1.82, 2.24) is 4.57 Å². The molecule has 0 spiro atoms. The maximum Gasteiger partial charge on any atom is 0.145 e. The minimum Gasteiger partial charge on any atom is -0.455 e. The summed E-state index contributed by atoms with van der Waals surface area (Å²) in [6, 6.07) is 160. The van der Waals surface area contributed by atoms with E-state index in [1.807, 2.05) is 53.8 Å². The summed E-state index contributed by atoms with van der Waals surface area (Å²) in [5.41, 5.74) is 31.6. The molecule has 0 amide bonds. The van der Waals surface area contributed by atoms with E-state index < -0.39 is 0 Å². The largest absolute Gasteiger partial charge is 0.455 e. The van der Waals surface area contributed by atoms with Crippen LogP contribution in [0.2, 0.25) is 0 Å². The van der Waals surface area contributed by atoms with Crippen molar-refractivity contribution in [2.45, 2.75) is 19.3 Å². The number of hydrogen-bond acceptors (Lipinski definition) is 6. The van der Waals surface area contributed by atoms with E-state index in [9.17, 15) is 0 Å². The van der Waals surface area contributed by atoms with Crippen LogP contribution in [-0.2, 0) is 5.41 Å². The fraction of sp³-hybridized carbons (Fsp3) is 0.0261. The number of furan rings is 1. The van der Waals surface area contributed by atoms with Crippen molar-refractivity contribution in [3.05, 3.63) is 466 Å². The Morgan fingerprint density at radius 1 is 0.246 bits per heavy atom. The van der Waals surface area contributed by atoms with Crippen molar-refractivity contribution in [3.8, 4) is 72.4 Å². The van der Waals surface area contributed by atoms with Crippen molar-refractivity contribution in [1.29, 1.82) is 0 Å². The summed E-state index contributed by atoms with van der Waals surface area (Å²) in [7, 11) is 0. The predicted octanol–water partition coefficient (Wildman–Crippen LogP) is 32.9. The van der Waals surface area contributed by atoms with Gasteiger partial charge < -0.3 is 30.3 Å². The van der Waals surface area contributed by atoms with Crippen LogP contribution in [0.5, 0.6) is 0 Å². The lowest BCUT2D eigenvalue weighted by atomic mass is 9.81. The molecule has 4 N–H and O–H groups in total. The third-order valence-corrected chi connectivity index (χ3v) is 24.5. The fourth-order valence-corrected chi connectivity index (χ4v) is 18.5. The first-order chi connectivity index (χ1) is 60.3. The number of benzene rings is 19. The van der Waals surface area contributed by atoms with E-state index >= 15 is 0 Å². The lowest BCUT2D eigenvalue weighted by Crippen LogP contribution is -2.14. The van der Waals surface area contributed by atoms with E-state index in [2.05, 4.69) is 452 Å². The number of fused-ring (bicyclic) bond motifs is 14. The monoisotopic (exact) mass is 1580 g/mol. The number of aromatic nitrogens is 1. The van der Waals surface area contributed by atoms with Crippen LogP contribution in [0.4, 0.5) is 45.5 Å². The Balaban J connectivity index is 0.000000105. The molecular formula is C115H85N5OS. The molecule has 22 aromatic rings. The lowest BCUT2D eigenvalue weighted by molar-refractivity contribution is 0.660. The first kappa shape index (κ1) is 75.2. The van der Waals surface area contributed by atoms with Gasteiger partial charge in [0.2, 0.25) is 0 Å². The first-order valence-corrected chi connectivity index (χ1v) is 42.4. The Bertz CT molecular complexity index is 7510. The molecule has 7 heteroatoms. The van der Waals surface area contributed by atoms with Crippen molar-refractivity contribution >= 4 is 132 Å². The third kappa shape index (κ3) is 15.1. The lowest BCUT2D eigenvalue weighted by Gasteiger charge is -2.22. The summed E-state index contributed by atoms with van der Waals surface area (Å²) in [4.78, 5) is 0. The van der Waals surface area contributed by atoms with Gasteiger partial charge >= 0.3 is 0 Å². The van der Waals surface area contributed by atoms with Gasteiger partial charge in [0.15, 0.2) is 0 Å². The standard InChI is InChI=1S/C34H24N2.C33H27N.C24H17NO.C24H17NS/c1-3-11-24(12-4-1)28-16-9-10-18-31(28)35-26-20-21-30-33(23-26)36(27-14-5-2-6-15-27)32-22-19-25-13-7-8-17-29(25)34(30)32;1-33(2)29-17-9-6-16-27(29)28-21-20-24(22-30(28)33)26-15-8-11-19-32(26)34-31-18-10-7-14-25(31)23-12-4-3-5-13-23;1-3-9-17(10-4-1)19-15-16-21(25-18-11-5-2-6-12-18)23-20-13-7-8-14-22(20)26-24(19)23;1-2-6-17(7-3-1)18-10-12-19(13-11-18)25-20-14-15-24-22(16-20)21-8-4-5-9-23(21)26-24/h1-23,35H;3-22,34H,1-2H3;2*1-16,25H. The summed E-state index contributed by atoms with van der Waals surface area (Å²) >= 11 is 1.85. The molecule has 0 radical (unpaired) electrons. The third-order valence-electron chi connectivity index (χ3n) is 23.4. The Kier molecular flexibility index (Phi) is 20.6. The SMILES string of the molecule is CC1(C)c2ccccc2-c2ccc(-c3ccccc3Nc3ccccc3-c3ccccc3)cc21.c1ccc(-c2ccc(Nc3ccc4sc5ccccc5c4c3)cc2)cc1.c1ccc(-c2ccccc2Nc2ccc3c4c5ccccc5ccc4n(-c4ccccc4)c3c2)cc1.c1ccc(Nc2ccc(-c3ccccc3)c3oc4ccccc4c23)cc1. The van der Waals surface area contributed by atoms with Gasteiger partial charge in [0.1, 0.15) is 11.2 Å². The summed E-state index contributed by atoms with van der Waals surface area (Å²) < 4.78 is 11.3. The van der Waals surface area contributed by atoms with E-state index in [0.717, 1.165) is 84.3 Å². The van der Waals surface area contributed by atoms with E-state index in [1.54, 1.807) is 0 Å². The Morgan fingerprint density at radius 2 is 0.705 bits per heavy atom. The maximum atomic E-state index is 6.28. The average Bonchev–Trinajstić information content (AvgIpc) is 2.14. The maximum absolute atomic E-state index is 6.28. The average molecular weight is 1590 g/mol. The van der Waals surface area contributed by atoms with Crippen molar-refractivity contribution < 1.29 is 4.42 Å². The van der Waals surface area contributed by atoms with Crippen molar-refractivity contribution in [2.24, 2.45) is 0 Å². The number of hydrogen-bond donors (Lipinski definition) is 4. The molecule has 122 heavy (non-hydrogen) atoms. The van der Waals surface area contributed by atoms with Gasteiger partial charge in [0, 0.05) is 109 Å².